The number of aromatic hydroxyl groups is 1. The molecular formula is C15H12I2O4. The molecule has 0 aliphatic heterocycles. The number of hydrogen-bond donors (Lipinski definition) is 1. The van der Waals surface area contributed by atoms with Gasteiger partial charge in [-0.3, -0.25) is 4.79 Å². The van der Waals surface area contributed by atoms with Gasteiger partial charge < -0.3 is 14.6 Å². The van der Waals surface area contributed by atoms with Crippen molar-refractivity contribution >= 4 is 51.0 Å². The molecule has 0 fully saturated rings. The molecule has 4 nitrogen and oxygen atoms in total. The van der Waals surface area contributed by atoms with Gasteiger partial charge in [-0.1, -0.05) is 0 Å². The third kappa shape index (κ3) is 3.79. The molecule has 110 valence electrons. The van der Waals surface area contributed by atoms with Crippen molar-refractivity contribution in [2.75, 3.05) is 7.11 Å². The molecule has 0 unspecified atom stereocenters. The van der Waals surface area contributed by atoms with E-state index in [1.807, 2.05) is 0 Å². The second kappa shape index (κ2) is 6.82. The molecule has 2 aromatic rings. The first-order chi connectivity index (χ1) is 9.92. The maximum absolute atomic E-state index is 11.4. The minimum Gasteiger partial charge on any atom is -0.504 e. The van der Waals surface area contributed by atoms with E-state index in [4.69, 9.17) is 9.47 Å². The molecule has 0 heterocycles. The predicted molar refractivity (Wildman–Crippen MR) is 96.6 cm³/mol. The number of ketones is 1. The summed E-state index contributed by atoms with van der Waals surface area (Å²) in [6.07, 6.45) is 0. The maximum atomic E-state index is 11.4. The van der Waals surface area contributed by atoms with E-state index in [0.717, 1.165) is 7.14 Å². The molecule has 2 rings (SSSR count). The average molecular weight is 510 g/mol. The van der Waals surface area contributed by atoms with E-state index in [0.29, 0.717) is 22.8 Å². The maximum Gasteiger partial charge on any atom is 0.161 e. The Kier molecular flexibility index (Phi) is 5.31. The number of carbonyl (C=O) groups excluding carboxylic acids is 1. The number of phenolic OH excluding ortho intramolecular Hbond substituents is 1. The lowest BCUT2D eigenvalue weighted by atomic mass is 10.1. The van der Waals surface area contributed by atoms with Crippen LogP contribution in [-0.4, -0.2) is 18.0 Å². The van der Waals surface area contributed by atoms with Crippen molar-refractivity contribution in [3.05, 3.63) is 43.0 Å². The van der Waals surface area contributed by atoms with Gasteiger partial charge in [-0.05, 0) is 76.4 Å². The van der Waals surface area contributed by atoms with Gasteiger partial charge in [0.2, 0.25) is 0 Å². The summed E-state index contributed by atoms with van der Waals surface area (Å²) in [7, 11) is 1.49. The summed E-state index contributed by atoms with van der Waals surface area (Å²) < 4.78 is 12.5. The third-order valence-electron chi connectivity index (χ3n) is 2.78. The predicted octanol–water partition coefficient (Wildman–Crippen LogP) is 4.60. The standard InChI is InChI=1S/C15H12I2O4/c1-8(18)9-5-11(16)15(12(17)6-9)21-10-3-4-14(20-2)13(19)7-10/h3-7,19H,1-2H3. The minimum absolute atomic E-state index is 0.0134. The summed E-state index contributed by atoms with van der Waals surface area (Å²) in [6.45, 7) is 1.53. The highest BCUT2D eigenvalue weighted by Gasteiger charge is 2.13. The minimum atomic E-state index is 0.0134. The first-order valence-electron chi connectivity index (χ1n) is 5.97. The number of halogens is 2. The molecule has 0 bridgehead atoms. The Bertz CT molecular complexity index is 675. The van der Waals surface area contributed by atoms with E-state index in [-0.39, 0.29) is 11.5 Å². The fraction of sp³-hybridized carbons (Fsp3) is 0.133. The van der Waals surface area contributed by atoms with Gasteiger partial charge in [0, 0.05) is 11.6 Å². The first-order valence-corrected chi connectivity index (χ1v) is 8.13. The lowest BCUT2D eigenvalue weighted by molar-refractivity contribution is 0.101. The average Bonchev–Trinajstić information content (AvgIpc) is 2.42. The molecule has 6 heteroatoms. The highest BCUT2D eigenvalue weighted by Crippen LogP contribution is 2.36. The number of Topliss-reactive ketones (excluding diaryl/α,β-unsaturated/α-hetero) is 1. The van der Waals surface area contributed by atoms with Crippen molar-refractivity contribution < 1.29 is 19.4 Å². The fourth-order valence-electron chi connectivity index (χ4n) is 1.71. The van der Waals surface area contributed by atoms with Gasteiger partial charge in [0.15, 0.2) is 23.0 Å². The number of rotatable bonds is 4. The van der Waals surface area contributed by atoms with Crippen LogP contribution in [0.5, 0.6) is 23.0 Å². The van der Waals surface area contributed by atoms with Crippen LogP contribution in [0.2, 0.25) is 0 Å². The molecule has 0 atom stereocenters. The van der Waals surface area contributed by atoms with Crippen molar-refractivity contribution in [2.24, 2.45) is 0 Å². The van der Waals surface area contributed by atoms with E-state index in [2.05, 4.69) is 45.2 Å². The zero-order chi connectivity index (χ0) is 15.6. The summed E-state index contributed by atoms with van der Waals surface area (Å²) in [6, 6.07) is 8.40. The quantitative estimate of drug-likeness (QED) is 0.483. The molecular weight excluding hydrogens is 498 g/mol. The van der Waals surface area contributed by atoms with Gasteiger partial charge in [0.1, 0.15) is 5.75 Å². The Hall–Kier alpha value is -1.03. The van der Waals surface area contributed by atoms with Crippen LogP contribution >= 0.6 is 45.2 Å². The number of benzene rings is 2. The molecule has 0 saturated carbocycles. The van der Waals surface area contributed by atoms with Crippen LogP contribution in [0.15, 0.2) is 30.3 Å². The van der Waals surface area contributed by atoms with Crippen molar-refractivity contribution in [1.29, 1.82) is 0 Å². The van der Waals surface area contributed by atoms with E-state index >= 15 is 0 Å². The lowest BCUT2D eigenvalue weighted by Crippen LogP contribution is -1.98. The van der Waals surface area contributed by atoms with Crippen LogP contribution in [0, 0.1) is 7.14 Å². The van der Waals surface area contributed by atoms with Gasteiger partial charge in [0.05, 0.1) is 14.3 Å². The van der Waals surface area contributed by atoms with Gasteiger partial charge in [-0.2, -0.15) is 0 Å². The first kappa shape index (κ1) is 16.3. The molecule has 0 aliphatic carbocycles. The number of phenols is 1. The molecule has 0 spiro atoms. The topological polar surface area (TPSA) is 55.8 Å². The number of carbonyl (C=O) groups is 1. The van der Waals surface area contributed by atoms with Crippen LogP contribution < -0.4 is 9.47 Å². The Balaban J connectivity index is 2.35. The number of ether oxygens (including phenoxy) is 2. The van der Waals surface area contributed by atoms with Crippen LogP contribution in [0.25, 0.3) is 0 Å². The second-order valence-corrected chi connectivity index (χ2v) is 6.59. The van der Waals surface area contributed by atoms with E-state index in [9.17, 15) is 9.90 Å². The van der Waals surface area contributed by atoms with E-state index in [1.165, 1.54) is 20.1 Å². The zero-order valence-electron chi connectivity index (χ0n) is 11.3. The molecule has 2 aromatic carbocycles. The molecule has 0 aromatic heterocycles. The summed E-state index contributed by atoms with van der Waals surface area (Å²) in [5.74, 6) is 1.57. The van der Waals surface area contributed by atoms with Crippen LogP contribution in [-0.2, 0) is 0 Å². The van der Waals surface area contributed by atoms with Gasteiger partial charge in [-0.25, -0.2) is 0 Å². The van der Waals surface area contributed by atoms with Crippen molar-refractivity contribution in [2.45, 2.75) is 6.92 Å². The fourth-order valence-corrected chi connectivity index (χ4v) is 3.70. The zero-order valence-corrected chi connectivity index (χ0v) is 15.6. The molecule has 0 saturated heterocycles. The Morgan fingerprint density at radius 2 is 1.76 bits per heavy atom. The largest absolute Gasteiger partial charge is 0.504 e. The Morgan fingerprint density at radius 3 is 2.24 bits per heavy atom. The van der Waals surface area contributed by atoms with E-state index in [1.54, 1.807) is 24.3 Å². The van der Waals surface area contributed by atoms with Gasteiger partial charge in [-0.15, -0.1) is 0 Å². The van der Waals surface area contributed by atoms with Crippen molar-refractivity contribution in [3.63, 3.8) is 0 Å². The number of methoxy groups -OCH3 is 1. The number of hydrogen-bond acceptors (Lipinski definition) is 4. The summed E-state index contributed by atoms with van der Waals surface area (Å²) in [5, 5.41) is 9.77. The van der Waals surface area contributed by atoms with Crippen LogP contribution in [0.3, 0.4) is 0 Å². The highest BCUT2D eigenvalue weighted by molar-refractivity contribution is 14.1. The highest BCUT2D eigenvalue weighted by atomic mass is 127. The summed E-state index contributed by atoms with van der Waals surface area (Å²) in [4.78, 5) is 11.4. The Labute approximate surface area is 149 Å². The van der Waals surface area contributed by atoms with Crippen LogP contribution in [0.4, 0.5) is 0 Å². The third-order valence-corrected chi connectivity index (χ3v) is 4.38. The van der Waals surface area contributed by atoms with Crippen molar-refractivity contribution in [1.82, 2.24) is 0 Å². The van der Waals surface area contributed by atoms with Gasteiger partial charge >= 0.3 is 0 Å². The van der Waals surface area contributed by atoms with Crippen molar-refractivity contribution in [3.8, 4) is 23.0 Å². The molecule has 0 radical (unpaired) electrons. The summed E-state index contributed by atoms with van der Waals surface area (Å²) >= 11 is 4.25. The molecule has 1 N–H and O–H groups in total. The monoisotopic (exact) mass is 510 g/mol. The molecule has 0 aliphatic rings. The smallest absolute Gasteiger partial charge is 0.161 e. The Morgan fingerprint density at radius 1 is 1.14 bits per heavy atom. The second-order valence-electron chi connectivity index (χ2n) is 4.26. The lowest BCUT2D eigenvalue weighted by Gasteiger charge is -2.12. The molecule has 0 amide bonds. The van der Waals surface area contributed by atoms with Gasteiger partial charge in [0.25, 0.3) is 0 Å². The van der Waals surface area contributed by atoms with E-state index < -0.39 is 0 Å². The normalized spacial score (nSPS) is 10.3. The summed E-state index contributed by atoms with van der Waals surface area (Å²) in [5.41, 5.74) is 0.647. The SMILES string of the molecule is COc1ccc(Oc2c(I)cc(C(C)=O)cc2I)cc1O. The molecule has 21 heavy (non-hydrogen) atoms. The van der Waals surface area contributed by atoms with Crippen LogP contribution in [0.1, 0.15) is 17.3 Å².